The predicted octanol–water partition coefficient (Wildman–Crippen LogP) is 4.80. The molecule has 1 aromatic heterocycles. The topological polar surface area (TPSA) is 60.5 Å². The third kappa shape index (κ3) is 4.73. The lowest BCUT2D eigenvalue weighted by Gasteiger charge is -2.28. The molecule has 0 bridgehead atoms. The minimum absolute atomic E-state index is 0.137. The van der Waals surface area contributed by atoms with E-state index >= 15 is 0 Å². The predicted molar refractivity (Wildman–Crippen MR) is 106 cm³/mol. The molecule has 0 saturated carbocycles. The first-order valence-corrected chi connectivity index (χ1v) is 9.37. The number of fused-ring (bicyclic) bond motifs is 1. The number of aromatic nitrogens is 1. The van der Waals surface area contributed by atoms with Crippen molar-refractivity contribution in [3.05, 3.63) is 30.5 Å². The Balaban J connectivity index is 2.33. The number of anilines is 1. The average Bonchev–Trinajstić information content (AvgIpc) is 2.61. The maximum Gasteiger partial charge on any atom is 0.256 e. The molecule has 0 aliphatic rings. The van der Waals surface area contributed by atoms with Crippen molar-refractivity contribution in [1.82, 2.24) is 4.98 Å². The Morgan fingerprint density at radius 3 is 2.69 bits per heavy atom. The molecule has 2 aromatic rings. The average molecular weight is 358 g/mol. The second kappa shape index (κ2) is 8.99. The van der Waals surface area contributed by atoms with E-state index in [9.17, 15) is 4.79 Å². The van der Waals surface area contributed by atoms with Crippen LogP contribution < -0.4 is 10.1 Å². The van der Waals surface area contributed by atoms with Gasteiger partial charge in [-0.15, -0.1) is 0 Å². The normalized spacial score (nSPS) is 13.6. The van der Waals surface area contributed by atoms with E-state index in [-0.39, 0.29) is 5.91 Å². The number of benzene rings is 1. The number of hydrogen-bond acceptors (Lipinski definition) is 4. The molecule has 5 heteroatoms. The number of nitrogens with one attached hydrogen (secondary N) is 1. The first kappa shape index (κ1) is 20.2. The summed E-state index contributed by atoms with van der Waals surface area (Å²) in [6.07, 6.45) is 3.27. The van der Waals surface area contributed by atoms with Crippen molar-refractivity contribution in [1.29, 1.82) is 0 Å². The summed E-state index contributed by atoms with van der Waals surface area (Å²) >= 11 is 0. The summed E-state index contributed by atoms with van der Waals surface area (Å²) in [5.74, 6) is 1.02. The summed E-state index contributed by atoms with van der Waals surface area (Å²) in [4.78, 5) is 17.3. The molecule has 1 aromatic carbocycles. The fourth-order valence-corrected chi connectivity index (χ4v) is 2.93. The monoisotopic (exact) mass is 358 g/mol. The number of amides is 1. The molecule has 2 rings (SSSR count). The highest BCUT2D eigenvalue weighted by molar-refractivity contribution is 6.05. The van der Waals surface area contributed by atoms with Gasteiger partial charge < -0.3 is 14.8 Å². The quantitative estimate of drug-likeness (QED) is 0.699. The molecule has 1 unspecified atom stereocenters. The molecule has 0 fully saturated rings. The van der Waals surface area contributed by atoms with Crippen LogP contribution in [0.25, 0.3) is 10.9 Å². The Morgan fingerprint density at radius 1 is 1.27 bits per heavy atom. The van der Waals surface area contributed by atoms with Crippen LogP contribution >= 0.6 is 0 Å². The molecule has 1 heterocycles. The van der Waals surface area contributed by atoms with Crippen LogP contribution in [0.1, 0.15) is 47.5 Å². The highest BCUT2D eigenvalue weighted by atomic mass is 16.5. The van der Waals surface area contributed by atoms with Crippen molar-refractivity contribution >= 4 is 22.5 Å². The van der Waals surface area contributed by atoms with E-state index in [0.717, 1.165) is 28.8 Å². The summed E-state index contributed by atoms with van der Waals surface area (Å²) < 4.78 is 11.6. The van der Waals surface area contributed by atoms with Gasteiger partial charge in [-0.3, -0.25) is 9.78 Å². The van der Waals surface area contributed by atoms with Crippen LogP contribution in [0.2, 0.25) is 0 Å². The van der Waals surface area contributed by atoms with Gasteiger partial charge in [0.2, 0.25) is 0 Å². The van der Waals surface area contributed by atoms with Crippen LogP contribution in [0.4, 0.5) is 5.69 Å². The van der Waals surface area contributed by atoms with E-state index < -0.39 is 5.60 Å². The zero-order valence-electron chi connectivity index (χ0n) is 16.5. The van der Waals surface area contributed by atoms with E-state index in [2.05, 4.69) is 24.1 Å². The van der Waals surface area contributed by atoms with Gasteiger partial charge in [0.05, 0.1) is 12.3 Å². The Morgan fingerprint density at radius 2 is 2.04 bits per heavy atom. The molecule has 26 heavy (non-hydrogen) atoms. The van der Waals surface area contributed by atoms with Gasteiger partial charge in [-0.2, -0.15) is 0 Å². The SMILES string of the molecule is CCCC(C)(OCC)C(=O)Nc1ccc(OCC(C)C)c2ncccc12. The Bertz CT molecular complexity index is 737. The van der Waals surface area contributed by atoms with Gasteiger partial charge in [-0.05, 0) is 50.5 Å². The number of ether oxygens (including phenoxy) is 2. The molecule has 142 valence electrons. The molecule has 0 aliphatic heterocycles. The van der Waals surface area contributed by atoms with Crippen LogP contribution in [0, 0.1) is 5.92 Å². The summed E-state index contributed by atoms with van der Waals surface area (Å²) in [7, 11) is 0. The lowest BCUT2D eigenvalue weighted by atomic mass is 9.98. The third-order valence-corrected chi connectivity index (χ3v) is 4.22. The number of carbonyl (C=O) groups excluding carboxylic acids is 1. The van der Waals surface area contributed by atoms with Crippen molar-refractivity contribution in [3.63, 3.8) is 0 Å². The van der Waals surface area contributed by atoms with Crippen molar-refractivity contribution in [2.24, 2.45) is 5.92 Å². The van der Waals surface area contributed by atoms with Gasteiger partial charge in [0.15, 0.2) is 0 Å². The Kier molecular flexibility index (Phi) is 6.98. The van der Waals surface area contributed by atoms with Gasteiger partial charge in [-0.1, -0.05) is 27.2 Å². The van der Waals surface area contributed by atoms with Gasteiger partial charge in [-0.25, -0.2) is 0 Å². The summed E-state index contributed by atoms with van der Waals surface area (Å²) in [5.41, 5.74) is 0.627. The van der Waals surface area contributed by atoms with E-state index in [4.69, 9.17) is 9.47 Å². The van der Waals surface area contributed by atoms with Crippen LogP contribution in [-0.4, -0.2) is 29.7 Å². The molecule has 0 saturated heterocycles. The van der Waals surface area contributed by atoms with Gasteiger partial charge in [0.25, 0.3) is 5.91 Å². The van der Waals surface area contributed by atoms with Gasteiger partial charge in [0, 0.05) is 18.2 Å². The fourth-order valence-electron chi connectivity index (χ4n) is 2.93. The van der Waals surface area contributed by atoms with Crippen LogP contribution in [0.15, 0.2) is 30.5 Å². The lowest BCUT2D eigenvalue weighted by molar-refractivity contribution is -0.139. The Labute approximate surface area is 156 Å². The smallest absolute Gasteiger partial charge is 0.256 e. The largest absolute Gasteiger partial charge is 0.491 e. The summed E-state index contributed by atoms with van der Waals surface area (Å²) in [5, 5.41) is 3.89. The zero-order valence-corrected chi connectivity index (χ0v) is 16.5. The number of pyridine rings is 1. The van der Waals surface area contributed by atoms with Crippen molar-refractivity contribution in [2.75, 3.05) is 18.5 Å². The van der Waals surface area contributed by atoms with Crippen molar-refractivity contribution in [2.45, 2.75) is 53.1 Å². The van der Waals surface area contributed by atoms with E-state index in [1.807, 2.05) is 45.0 Å². The molecular formula is C21H30N2O3. The highest BCUT2D eigenvalue weighted by Gasteiger charge is 2.33. The minimum atomic E-state index is -0.842. The maximum absolute atomic E-state index is 12.9. The number of nitrogens with zero attached hydrogens (tertiary/aromatic N) is 1. The third-order valence-electron chi connectivity index (χ3n) is 4.22. The van der Waals surface area contributed by atoms with E-state index in [1.165, 1.54) is 0 Å². The molecule has 1 N–H and O–H groups in total. The molecule has 0 aliphatic carbocycles. The number of hydrogen-bond donors (Lipinski definition) is 1. The molecule has 0 radical (unpaired) electrons. The molecule has 0 spiro atoms. The second-order valence-electron chi connectivity index (χ2n) is 7.08. The fraction of sp³-hybridized carbons (Fsp3) is 0.524. The second-order valence-corrected chi connectivity index (χ2v) is 7.08. The standard InChI is InChI=1S/C21H30N2O3/c1-6-12-21(5,26-7-2)20(24)23-17-10-11-18(25-14-15(3)4)19-16(17)9-8-13-22-19/h8-11,13,15H,6-7,12,14H2,1-5H3,(H,23,24). The summed E-state index contributed by atoms with van der Waals surface area (Å²) in [6.45, 7) is 11.1. The van der Waals surface area contributed by atoms with Crippen molar-refractivity contribution in [3.8, 4) is 5.75 Å². The van der Waals surface area contributed by atoms with E-state index in [0.29, 0.717) is 25.6 Å². The number of carbonyl (C=O) groups is 1. The van der Waals surface area contributed by atoms with Gasteiger partial charge in [0.1, 0.15) is 16.9 Å². The molecular weight excluding hydrogens is 328 g/mol. The molecule has 5 nitrogen and oxygen atoms in total. The zero-order chi connectivity index (χ0) is 19.2. The van der Waals surface area contributed by atoms with Gasteiger partial charge >= 0.3 is 0 Å². The van der Waals surface area contributed by atoms with Crippen LogP contribution in [0.5, 0.6) is 5.75 Å². The maximum atomic E-state index is 12.9. The highest BCUT2D eigenvalue weighted by Crippen LogP contribution is 2.31. The van der Waals surface area contributed by atoms with E-state index in [1.54, 1.807) is 6.20 Å². The van der Waals surface area contributed by atoms with Crippen molar-refractivity contribution < 1.29 is 14.3 Å². The lowest BCUT2D eigenvalue weighted by Crippen LogP contribution is -2.42. The molecule has 1 amide bonds. The number of rotatable bonds is 9. The summed E-state index contributed by atoms with van der Waals surface area (Å²) in [6, 6.07) is 7.54. The Hall–Kier alpha value is -2.14. The van der Waals surface area contributed by atoms with Crippen LogP contribution in [0.3, 0.4) is 0 Å². The first-order valence-electron chi connectivity index (χ1n) is 9.37. The van der Waals surface area contributed by atoms with Crippen LogP contribution in [-0.2, 0) is 9.53 Å². The first-order chi connectivity index (χ1) is 12.4. The molecule has 1 atom stereocenters. The minimum Gasteiger partial charge on any atom is -0.491 e.